The van der Waals surface area contributed by atoms with Crippen molar-refractivity contribution in [2.45, 2.75) is 6.92 Å². The van der Waals surface area contributed by atoms with E-state index < -0.39 is 5.82 Å². The summed E-state index contributed by atoms with van der Waals surface area (Å²) in [5.41, 5.74) is 0.820. The average Bonchev–Trinajstić information content (AvgIpc) is 2.69. The van der Waals surface area contributed by atoms with Crippen LogP contribution in [0.1, 0.15) is 15.9 Å². The predicted octanol–water partition coefficient (Wildman–Crippen LogP) is 3.15. The third kappa shape index (κ3) is 4.57. The number of piperazine rings is 1. The van der Waals surface area contributed by atoms with E-state index in [4.69, 9.17) is 16.3 Å². The minimum absolute atomic E-state index is 0.110. The summed E-state index contributed by atoms with van der Waals surface area (Å²) in [7, 11) is 0. The van der Waals surface area contributed by atoms with E-state index in [2.05, 4.69) is 0 Å². The zero-order valence-corrected chi connectivity index (χ0v) is 15.7. The van der Waals surface area contributed by atoms with Crippen LogP contribution in [0, 0.1) is 12.7 Å². The van der Waals surface area contributed by atoms with Crippen molar-refractivity contribution in [3.63, 3.8) is 0 Å². The van der Waals surface area contributed by atoms with Crippen molar-refractivity contribution in [2.24, 2.45) is 0 Å². The molecule has 0 saturated carbocycles. The molecule has 0 unspecified atom stereocenters. The van der Waals surface area contributed by atoms with Crippen LogP contribution in [0.2, 0.25) is 5.02 Å². The van der Waals surface area contributed by atoms with E-state index in [-0.39, 0.29) is 18.4 Å². The lowest BCUT2D eigenvalue weighted by Crippen LogP contribution is -2.51. The molecule has 0 radical (unpaired) electrons. The fraction of sp³-hybridized carbons (Fsp3) is 0.300. The molecule has 142 valence electrons. The standard InChI is InChI=1S/C20H20ClFN2O3/c1-14-6-7-15(12-17(14)22)20(26)24-10-8-23(9-11-24)19(25)13-27-18-5-3-2-4-16(18)21/h2-7,12H,8-11,13H2,1H3. The molecule has 1 aliphatic heterocycles. The van der Waals surface area contributed by atoms with Gasteiger partial charge in [0.1, 0.15) is 11.6 Å². The molecular weight excluding hydrogens is 371 g/mol. The first kappa shape index (κ1) is 19.2. The summed E-state index contributed by atoms with van der Waals surface area (Å²) in [4.78, 5) is 28.1. The second-order valence-electron chi connectivity index (χ2n) is 6.36. The summed E-state index contributed by atoms with van der Waals surface area (Å²) in [6.07, 6.45) is 0. The molecule has 0 bridgehead atoms. The normalized spacial score (nSPS) is 14.2. The van der Waals surface area contributed by atoms with E-state index in [1.807, 2.05) is 0 Å². The van der Waals surface area contributed by atoms with Crippen LogP contribution in [-0.2, 0) is 4.79 Å². The number of aryl methyl sites for hydroxylation is 1. The summed E-state index contributed by atoms with van der Waals surface area (Å²) in [6.45, 7) is 3.15. The van der Waals surface area contributed by atoms with Crippen LogP contribution in [-0.4, -0.2) is 54.4 Å². The molecule has 0 atom stereocenters. The van der Waals surface area contributed by atoms with E-state index in [9.17, 15) is 14.0 Å². The van der Waals surface area contributed by atoms with Crippen molar-refractivity contribution in [1.29, 1.82) is 0 Å². The smallest absolute Gasteiger partial charge is 0.260 e. The van der Waals surface area contributed by atoms with Crippen molar-refractivity contribution in [2.75, 3.05) is 32.8 Å². The molecular formula is C20H20ClFN2O3. The quantitative estimate of drug-likeness (QED) is 0.805. The van der Waals surface area contributed by atoms with Gasteiger partial charge in [0.05, 0.1) is 5.02 Å². The third-order valence-corrected chi connectivity index (χ3v) is 4.84. The number of benzene rings is 2. The maximum atomic E-state index is 13.7. The number of ether oxygens (including phenoxy) is 1. The Bertz CT molecular complexity index is 851. The Labute approximate surface area is 162 Å². The highest BCUT2D eigenvalue weighted by atomic mass is 35.5. The Kier molecular flexibility index (Phi) is 5.96. The minimum atomic E-state index is -0.397. The van der Waals surface area contributed by atoms with Crippen LogP contribution in [0.25, 0.3) is 0 Å². The van der Waals surface area contributed by atoms with E-state index in [1.165, 1.54) is 6.07 Å². The van der Waals surface area contributed by atoms with E-state index in [0.29, 0.717) is 48.1 Å². The number of hydrogen-bond acceptors (Lipinski definition) is 3. The highest BCUT2D eigenvalue weighted by Gasteiger charge is 2.25. The topological polar surface area (TPSA) is 49.9 Å². The SMILES string of the molecule is Cc1ccc(C(=O)N2CCN(C(=O)COc3ccccc3Cl)CC2)cc1F. The number of para-hydroxylation sites is 1. The molecule has 2 aromatic carbocycles. The second kappa shape index (κ2) is 8.39. The molecule has 1 aliphatic rings. The highest BCUT2D eigenvalue weighted by molar-refractivity contribution is 6.32. The Morgan fingerprint density at radius 3 is 2.41 bits per heavy atom. The van der Waals surface area contributed by atoms with E-state index in [1.54, 1.807) is 53.1 Å². The Morgan fingerprint density at radius 2 is 1.74 bits per heavy atom. The molecule has 3 rings (SSSR count). The summed E-state index contributed by atoms with van der Waals surface area (Å²) in [5, 5.41) is 0.450. The van der Waals surface area contributed by atoms with Gasteiger partial charge in [-0.1, -0.05) is 29.8 Å². The van der Waals surface area contributed by atoms with Crippen LogP contribution in [0.15, 0.2) is 42.5 Å². The van der Waals surface area contributed by atoms with Gasteiger partial charge in [-0.15, -0.1) is 0 Å². The van der Waals surface area contributed by atoms with Crippen LogP contribution in [0.5, 0.6) is 5.75 Å². The lowest BCUT2D eigenvalue weighted by molar-refractivity contribution is -0.134. The zero-order chi connectivity index (χ0) is 19.4. The molecule has 1 saturated heterocycles. The van der Waals surface area contributed by atoms with Gasteiger partial charge >= 0.3 is 0 Å². The Morgan fingerprint density at radius 1 is 1.07 bits per heavy atom. The molecule has 2 amide bonds. The maximum absolute atomic E-state index is 13.7. The third-order valence-electron chi connectivity index (χ3n) is 4.53. The number of halogens is 2. The minimum Gasteiger partial charge on any atom is -0.482 e. The van der Waals surface area contributed by atoms with Crippen molar-refractivity contribution in [3.8, 4) is 5.75 Å². The zero-order valence-electron chi connectivity index (χ0n) is 15.0. The first-order valence-electron chi connectivity index (χ1n) is 8.66. The summed E-state index contributed by atoms with van der Waals surface area (Å²) >= 11 is 6.01. The van der Waals surface area contributed by atoms with Crippen molar-refractivity contribution < 1.29 is 18.7 Å². The number of rotatable bonds is 4. The Hall–Kier alpha value is -2.60. The molecule has 0 N–H and O–H groups in total. The number of amides is 2. The molecule has 1 fully saturated rings. The molecule has 0 aromatic heterocycles. The first-order valence-corrected chi connectivity index (χ1v) is 9.04. The molecule has 7 heteroatoms. The Balaban J connectivity index is 1.52. The largest absolute Gasteiger partial charge is 0.482 e. The van der Waals surface area contributed by atoms with Crippen molar-refractivity contribution in [1.82, 2.24) is 9.80 Å². The first-order chi connectivity index (χ1) is 13.0. The lowest BCUT2D eigenvalue weighted by atomic mass is 10.1. The molecule has 5 nitrogen and oxygen atoms in total. The lowest BCUT2D eigenvalue weighted by Gasteiger charge is -2.34. The van der Waals surface area contributed by atoms with E-state index in [0.717, 1.165) is 0 Å². The van der Waals surface area contributed by atoms with Gasteiger partial charge in [0.15, 0.2) is 6.61 Å². The van der Waals surface area contributed by atoms with Crippen LogP contribution in [0.3, 0.4) is 0 Å². The van der Waals surface area contributed by atoms with Gasteiger partial charge < -0.3 is 14.5 Å². The van der Waals surface area contributed by atoms with Gasteiger partial charge in [0.2, 0.25) is 0 Å². The van der Waals surface area contributed by atoms with Gasteiger partial charge in [-0.3, -0.25) is 9.59 Å². The maximum Gasteiger partial charge on any atom is 0.260 e. The fourth-order valence-corrected chi connectivity index (χ4v) is 3.05. The predicted molar refractivity (Wildman–Crippen MR) is 101 cm³/mol. The molecule has 0 spiro atoms. The van der Waals surface area contributed by atoms with Crippen LogP contribution >= 0.6 is 11.6 Å². The van der Waals surface area contributed by atoms with E-state index >= 15 is 0 Å². The van der Waals surface area contributed by atoms with Gasteiger partial charge in [0.25, 0.3) is 11.8 Å². The number of carbonyl (C=O) groups excluding carboxylic acids is 2. The second-order valence-corrected chi connectivity index (χ2v) is 6.76. The average molecular weight is 391 g/mol. The van der Waals surface area contributed by atoms with Crippen molar-refractivity contribution in [3.05, 3.63) is 64.4 Å². The number of nitrogens with zero attached hydrogens (tertiary/aromatic N) is 2. The van der Waals surface area contributed by atoms with Gasteiger partial charge in [-0.2, -0.15) is 0 Å². The molecule has 2 aromatic rings. The van der Waals surface area contributed by atoms with Crippen molar-refractivity contribution >= 4 is 23.4 Å². The van der Waals surface area contributed by atoms with Gasteiger partial charge in [0, 0.05) is 31.7 Å². The fourth-order valence-electron chi connectivity index (χ4n) is 2.86. The number of carbonyl (C=O) groups is 2. The summed E-state index contributed by atoms with van der Waals surface area (Å²) in [5.74, 6) is -0.328. The summed E-state index contributed by atoms with van der Waals surface area (Å²) < 4.78 is 19.2. The van der Waals surface area contributed by atoms with Gasteiger partial charge in [-0.05, 0) is 36.8 Å². The molecule has 0 aliphatic carbocycles. The van der Waals surface area contributed by atoms with Gasteiger partial charge in [-0.25, -0.2) is 4.39 Å². The number of hydrogen-bond donors (Lipinski definition) is 0. The van der Waals surface area contributed by atoms with Crippen LogP contribution < -0.4 is 4.74 Å². The highest BCUT2D eigenvalue weighted by Crippen LogP contribution is 2.23. The monoisotopic (exact) mass is 390 g/mol. The summed E-state index contributed by atoms with van der Waals surface area (Å²) in [6, 6.07) is 11.4. The molecule has 27 heavy (non-hydrogen) atoms. The van der Waals surface area contributed by atoms with Crippen LogP contribution in [0.4, 0.5) is 4.39 Å². The molecule has 1 heterocycles.